The molecule has 0 aliphatic heterocycles. The van der Waals surface area contributed by atoms with Crippen LogP contribution < -0.4 is 0 Å². The van der Waals surface area contributed by atoms with Gasteiger partial charge in [0.15, 0.2) is 0 Å². The molecular weight excluding hydrogens is 304 g/mol. The summed E-state index contributed by atoms with van der Waals surface area (Å²) in [6.45, 7) is 2.29. The Labute approximate surface area is 152 Å². The zero-order valence-electron chi connectivity index (χ0n) is 15.8. The lowest BCUT2D eigenvalue weighted by Gasteiger charge is -2.03. The second-order valence-corrected chi connectivity index (χ2v) is 6.97. The Morgan fingerprint density at radius 1 is 0.478 bits per heavy atom. The third-order valence-electron chi connectivity index (χ3n) is 4.68. The van der Waals surface area contributed by atoms with E-state index in [4.69, 9.17) is 0 Å². The van der Waals surface area contributed by atoms with Gasteiger partial charge in [0.05, 0.1) is 0 Å². The van der Waals surface area contributed by atoms with E-state index in [9.17, 15) is 4.79 Å². The molecular formula is C21H43ClO. The first-order valence-corrected chi connectivity index (χ1v) is 10.4. The van der Waals surface area contributed by atoms with Crippen molar-refractivity contribution in [3.8, 4) is 0 Å². The molecule has 23 heavy (non-hydrogen) atoms. The highest BCUT2D eigenvalue weighted by Crippen LogP contribution is 2.14. The standard InChI is InChI=1S/C21H42O.ClH/c1-2-3-4-5-6-7-8-9-10-11-12-13-14-15-16-17-18-19-20-21-22;/h21H,2-20H2,1H3;1H. The van der Waals surface area contributed by atoms with Crippen molar-refractivity contribution in [2.75, 3.05) is 0 Å². The Morgan fingerprint density at radius 3 is 1.00 bits per heavy atom. The second-order valence-electron chi connectivity index (χ2n) is 6.97. The van der Waals surface area contributed by atoms with Gasteiger partial charge in [-0.1, -0.05) is 116 Å². The zero-order valence-corrected chi connectivity index (χ0v) is 16.6. The maximum Gasteiger partial charge on any atom is 0.119 e. The largest absolute Gasteiger partial charge is 0.303 e. The van der Waals surface area contributed by atoms with E-state index in [0.29, 0.717) is 0 Å². The van der Waals surface area contributed by atoms with Gasteiger partial charge in [0.1, 0.15) is 6.29 Å². The van der Waals surface area contributed by atoms with Crippen LogP contribution in [0, 0.1) is 0 Å². The molecule has 0 spiro atoms. The number of carbonyl (C=O) groups is 1. The Balaban J connectivity index is 0. The molecule has 140 valence electrons. The molecule has 0 unspecified atom stereocenters. The van der Waals surface area contributed by atoms with Crippen LogP contribution >= 0.6 is 12.4 Å². The minimum atomic E-state index is 0. The fraction of sp³-hybridized carbons (Fsp3) is 0.952. The summed E-state index contributed by atoms with van der Waals surface area (Å²) in [5.41, 5.74) is 0. The summed E-state index contributed by atoms with van der Waals surface area (Å²) in [6, 6.07) is 0. The lowest BCUT2D eigenvalue weighted by Crippen LogP contribution is -1.84. The predicted molar refractivity (Wildman–Crippen MR) is 107 cm³/mol. The highest BCUT2D eigenvalue weighted by atomic mass is 35.5. The highest BCUT2D eigenvalue weighted by molar-refractivity contribution is 5.85. The molecule has 0 bridgehead atoms. The van der Waals surface area contributed by atoms with Crippen molar-refractivity contribution < 1.29 is 4.79 Å². The first kappa shape index (κ1) is 25.2. The van der Waals surface area contributed by atoms with Crippen LogP contribution in [0.15, 0.2) is 0 Å². The summed E-state index contributed by atoms with van der Waals surface area (Å²) in [5.74, 6) is 0. The second kappa shape index (κ2) is 24.2. The van der Waals surface area contributed by atoms with Crippen LogP contribution in [-0.4, -0.2) is 6.29 Å². The van der Waals surface area contributed by atoms with Crippen molar-refractivity contribution in [1.29, 1.82) is 0 Å². The molecule has 0 heterocycles. The van der Waals surface area contributed by atoms with Crippen LogP contribution in [0.1, 0.15) is 129 Å². The van der Waals surface area contributed by atoms with Crippen LogP contribution in [0.2, 0.25) is 0 Å². The normalized spacial score (nSPS) is 10.5. The first-order chi connectivity index (χ1) is 10.9. The van der Waals surface area contributed by atoms with Crippen molar-refractivity contribution in [3.05, 3.63) is 0 Å². The lowest BCUT2D eigenvalue weighted by molar-refractivity contribution is -0.107. The fourth-order valence-corrected chi connectivity index (χ4v) is 3.13. The number of carbonyl (C=O) groups excluding carboxylic acids is 1. The third kappa shape index (κ3) is 24.3. The van der Waals surface area contributed by atoms with E-state index in [0.717, 1.165) is 19.1 Å². The average Bonchev–Trinajstić information content (AvgIpc) is 2.54. The van der Waals surface area contributed by atoms with Gasteiger partial charge < -0.3 is 4.79 Å². The Morgan fingerprint density at radius 2 is 0.739 bits per heavy atom. The summed E-state index contributed by atoms with van der Waals surface area (Å²) >= 11 is 0. The molecule has 1 nitrogen and oxygen atoms in total. The van der Waals surface area contributed by atoms with Gasteiger partial charge in [-0.2, -0.15) is 0 Å². The lowest BCUT2D eigenvalue weighted by atomic mass is 10.0. The average molecular weight is 347 g/mol. The number of halogens is 1. The minimum absolute atomic E-state index is 0. The molecule has 0 N–H and O–H groups in total. The number of hydrogen-bond donors (Lipinski definition) is 0. The van der Waals surface area contributed by atoms with Gasteiger partial charge in [-0.15, -0.1) is 12.4 Å². The van der Waals surface area contributed by atoms with Gasteiger partial charge in [-0.05, 0) is 6.42 Å². The SMILES string of the molecule is CCCCCCCCCCCCCCCCCCCCC=O.Cl. The molecule has 0 atom stereocenters. The van der Waals surface area contributed by atoms with E-state index in [2.05, 4.69) is 6.92 Å². The summed E-state index contributed by atoms with van der Waals surface area (Å²) in [6.07, 6.45) is 27.0. The van der Waals surface area contributed by atoms with Crippen molar-refractivity contribution in [2.45, 2.75) is 129 Å². The molecule has 0 saturated heterocycles. The molecule has 0 aliphatic carbocycles. The molecule has 0 aliphatic rings. The van der Waals surface area contributed by atoms with Gasteiger partial charge >= 0.3 is 0 Å². The van der Waals surface area contributed by atoms with Gasteiger partial charge in [-0.25, -0.2) is 0 Å². The Hall–Kier alpha value is -0.0400. The van der Waals surface area contributed by atoms with E-state index in [1.807, 2.05) is 0 Å². The van der Waals surface area contributed by atoms with Crippen molar-refractivity contribution >= 4 is 18.7 Å². The Bertz CT molecular complexity index is 206. The van der Waals surface area contributed by atoms with Gasteiger partial charge in [-0.3, -0.25) is 0 Å². The van der Waals surface area contributed by atoms with Crippen molar-refractivity contribution in [1.82, 2.24) is 0 Å². The quantitative estimate of drug-likeness (QED) is 0.171. The zero-order chi connectivity index (χ0) is 16.1. The number of unbranched alkanes of at least 4 members (excludes halogenated alkanes) is 18. The topological polar surface area (TPSA) is 17.1 Å². The summed E-state index contributed by atoms with van der Waals surface area (Å²) in [5, 5.41) is 0. The molecule has 0 radical (unpaired) electrons. The van der Waals surface area contributed by atoms with E-state index in [1.165, 1.54) is 109 Å². The number of aldehydes is 1. The smallest absolute Gasteiger partial charge is 0.119 e. The predicted octanol–water partition coefficient (Wildman–Crippen LogP) is 8.04. The maximum atomic E-state index is 10.2. The van der Waals surface area contributed by atoms with Crippen LogP contribution in [0.5, 0.6) is 0 Å². The van der Waals surface area contributed by atoms with Crippen molar-refractivity contribution in [2.24, 2.45) is 0 Å². The first-order valence-electron chi connectivity index (χ1n) is 10.4. The van der Waals surface area contributed by atoms with Crippen LogP contribution in [0.25, 0.3) is 0 Å². The molecule has 2 heteroatoms. The summed E-state index contributed by atoms with van der Waals surface area (Å²) in [7, 11) is 0. The summed E-state index contributed by atoms with van der Waals surface area (Å²) < 4.78 is 0. The van der Waals surface area contributed by atoms with Crippen molar-refractivity contribution in [3.63, 3.8) is 0 Å². The van der Waals surface area contributed by atoms with Gasteiger partial charge in [0.2, 0.25) is 0 Å². The molecule has 0 saturated carbocycles. The van der Waals surface area contributed by atoms with Crippen LogP contribution in [-0.2, 0) is 4.79 Å². The third-order valence-corrected chi connectivity index (χ3v) is 4.68. The molecule has 0 rings (SSSR count). The minimum Gasteiger partial charge on any atom is -0.303 e. The van der Waals surface area contributed by atoms with Gasteiger partial charge in [0, 0.05) is 6.42 Å². The van der Waals surface area contributed by atoms with Gasteiger partial charge in [0.25, 0.3) is 0 Å². The molecule has 0 aromatic rings. The maximum absolute atomic E-state index is 10.2. The van der Waals surface area contributed by atoms with Crippen LogP contribution in [0.4, 0.5) is 0 Å². The highest BCUT2D eigenvalue weighted by Gasteiger charge is 1.94. The van der Waals surface area contributed by atoms with E-state index < -0.39 is 0 Å². The molecule has 0 amide bonds. The molecule has 0 aromatic heterocycles. The fourth-order valence-electron chi connectivity index (χ4n) is 3.13. The monoisotopic (exact) mass is 346 g/mol. The Kier molecular flexibility index (Phi) is 26.5. The molecule has 0 fully saturated rings. The summed E-state index contributed by atoms with van der Waals surface area (Å²) in [4.78, 5) is 10.2. The number of hydrogen-bond acceptors (Lipinski definition) is 1. The van der Waals surface area contributed by atoms with E-state index in [-0.39, 0.29) is 12.4 Å². The van der Waals surface area contributed by atoms with E-state index >= 15 is 0 Å². The van der Waals surface area contributed by atoms with Crippen LogP contribution in [0.3, 0.4) is 0 Å². The molecule has 0 aromatic carbocycles. The van der Waals surface area contributed by atoms with E-state index in [1.54, 1.807) is 0 Å². The number of rotatable bonds is 19.